The first kappa shape index (κ1) is 17.7. The van der Waals surface area contributed by atoms with Gasteiger partial charge in [-0.25, -0.2) is 14.6 Å². The second-order valence-corrected chi connectivity index (χ2v) is 6.59. The van der Waals surface area contributed by atoms with Crippen LogP contribution >= 0.6 is 0 Å². The van der Waals surface area contributed by atoms with Gasteiger partial charge in [0.2, 0.25) is 0 Å². The number of fused-ring (bicyclic) bond motifs is 3. The molecule has 6 heteroatoms. The predicted molar refractivity (Wildman–Crippen MR) is 105 cm³/mol. The molecule has 28 heavy (non-hydrogen) atoms. The summed E-state index contributed by atoms with van der Waals surface area (Å²) in [6, 6.07) is 17.7. The van der Waals surface area contributed by atoms with Gasteiger partial charge >= 0.3 is 12.1 Å². The first-order valence-corrected chi connectivity index (χ1v) is 8.87. The highest BCUT2D eigenvalue weighted by molar-refractivity contribution is 5.92. The molecule has 0 saturated carbocycles. The van der Waals surface area contributed by atoms with Crippen molar-refractivity contribution in [2.45, 2.75) is 12.8 Å². The Hall–Kier alpha value is -3.67. The highest BCUT2D eigenvalue weighted by Crippen LogP contribution is 2.44. The summed E-state index contributed by atoms with van der Waals surface area (Å²) in [5, 5.41) is 11.8. The number of ether oxygens (including phenoxy) is 1. The van der Waals surface area contributed by atoms with E-state index in [0.29, 0.717) is 11.3 Å². The van der Waals surface area contributed by atoms with Crippen LogP contribution in [0.2, 0.25) is 0 Å². The van der Waals surface area contributed by atoms with E-state index < -0.39 is 12.1 Å². The van der Waals surface area contributed by atoms with Crippen molar-refractivity contribution >= 4 is 17.7 Å². The van der Waals surface area contributed by atoms with Gasteiger partial charge in [-0.05, 0) is 35.2 Å². The largest absolute Gasteiger partial charge is 0.477 e. The zero-order valence-electron chi connectivity index (χ0n) is 15.2. The Balaban J connectivity index is 1.50. The molecule has 0 unspecified atom stereocenters. The molecular weight excluding hydrogens is 356 g/mol. The molecule has 0 spiro atoms. The first-order valence-electron chi connectivity index (χ1n) is 8.87. The van der Waals surface area contributed by atoms with Crippen molar-refractivity contribution in [2.24, 2.45) is 0 Å². The quantitative estimate of drug-likeness (QED) is 0.704. The third-order valence-corrected chi connectivity index (χ3v) is 4.99. The molecule has 2 aromatic carbocycles. The van der Waals surface area contributed by atoms with E-state index >= 15 is 0 Å². The highest BCUT2D eigenvalue weighted by atomic mass is 16.5. The average molecular weight is 374 g/mol. The monoisotopic (exact) mass is 374 g/mol. The number of amides is 1. The van der Waals surface area contributed by atoms with Gasteiger partial charge in [0, 0.05) is 17.7 Å². The second-order valence-electron chi connectivity index (χ2n) is 6.59. The number of nitrogens with zero attached hydrogens (tertiary/aromatic N) is 1. The van der Waals surface area contributed by atoms with E-state index in [-0.39, 0.29) is 18.2 Å². The average Bonchev–Trinajstić information content (AvgIpc) is 3.02. The maximum absolute atomic E-state index is 12.3. The van der Waals surface area contributed by atoms with Gasteiger partial charge in [0.1, 0.15) is 6.61 Å². The third kappa shape index (κ3) is 3.09. The number of pyridine rings is 1. The van der Waals surface area contributed by atoms with Gasteiger partial charge in [0.05, 0.1) is 5.69 Å². The lowest BCUT2D eigenvalue weighted by atomic mass is 9.98. The van der Waals surface area contributed by atoms with E-state index in [9.17, 15) is 9.59 Å². The number of aromatic carboxylic acids is 1. The van der Waals surface area contributed by atoms with Crippen molar-refractivity contribution < 1.29 is 19.4 Å². The Labute approximate surface area is 161 Å². The number of carbonyl (C=O) groups is 2. The smallest absolute Gasteiger partial charge is 0.411 e. The van der Waals surface area contributed by atoms with Gasteiger partial charge < -0.3 is 9.84 Å². The summed E-state index contributed by atoms with van der Waals surface area (Å²) in [6.07, 6.45) is 0.711. The van der Waals surface area contributed by atoms with Gasteiger partial charge in [-0.3, -0.25) is 5.32 Å². The van der Waals surface area contributed by atoms with Crippen LogP contribution in [-0.4, -0.2) is 28.8 Å². The number of anilines is 1. The molecule has 6 nitrogen and oxygen atoms in total. The van der Waals surface area contributed by atoms with Crippen molar-refractivity contribution in [1.29, 1.82) is 0 Å². The van der Waals surface area contributed by atoms with Gasteiger partial charge in [-0.2, -0.15) is 0 Å². The lowest BCUT2D eigenvalue weighted by molar-refractivity contribution is 0.0689. The molecule has 0 fully saturated rings. The Kier molecular flexibility index (Phi) is 4.53. The van der Waals surface area contributed by atoms with Crippen LogP contribution in [0.15, 0.2) is 60.8 Å². The molecule has 3 aromatic rings. The van der Waals surface area contributed by atoms with Crippen molar-refractivity contribution in [3.05, 3.63) is 83.2 Å². The van der Waals surface area contributed by atoms with Crippen LogP contribution in [0.1, 0.15) is 33.1 Å². The molecule has 1 aromatic heterocycles. The van der Waals surface area contributed by atoms with Gasteiger partial charge in [-0.1, -0.05) is 48.5 Å². The highest BCUT2D eigenvalue weighted by Gasteiger charge is 2.29. The molecule has 1 amide bonds. The van der Waals surface area contributed by atoms with Crippen LogP contribution in [0.4, 0.5) is 10.5 Å². The van der Waals surface area contributed by atoms with E-state index in [1.807, 2.05) is 36.4 Å². The number of carbonyl (C=O) groups excluding carboxylic acids is 1. The summed E-state index contributed by atoms with van der Waals surface area (Å²) in [7, 11) is 0. The number of carboxylic acid groups (broad SMARTS) is 1. The number of aromatic nitrogens is 1. The van der Waals surface area contributed by atoms with Crippen LogP contribution in [0.25, 0.3) is 11.1 Å². The van der Waals surface area contributed by atoms with Crippen LogP contribution in [0.3, 0.4) is 0 Å². The second kappa shape index (κ2) is 7.15. The maximum Gasteiger partial charge on any atom is 0.411 e. The van der Waals surface area contributed by atoms with Crippen molar-refractivity contribution in [3.8, 4) is 11.1 Å². The zero-order chi connectivity index (χ0) is 19.7. The fraction of sp³-hybridized carbons (Fsp3) is 0.136. The standard InChI is InChI=1S/C22H18N2O4/c1-13-19(10-11-23-20(13)21(25)26)24-22(27)28-12-18-16-8-4-2-6-14(16)15-7-3-5-9-17(15)18/h2-11,18H,12H2,1H3,(H,25,26)(H,23,24,27). The minimum absolute atomic E-state index is 0.0359. The molecule has 1 aliphatic carbocycles. The van der Waals surface area contributed by atoms with E-state index in [1.165, 1.54) is 6.20 Å². The fourth-order valence-electron chi connectivity index (χ4n) is 3.63. The predicted octanol–water partition coefficient (Wildman–Crippen LogP) is 4.45. The SMILES string of the molecule is Cc1c(NC(=O)OCC2c3ccccc3-c3ccccc32)ccnc1C(=O)O. The first-order chi connectivity index (χ1) is 13.6. The summed E-state index contributed by atoms with van der Waals surface area (Å²) in [5.74, 6) is -1.18. The van der Waals surface area contributed by atoms with E-state index in [4.69, 9.17) is 9.84 Å². The molecule has 0 bridgehead atoms. The number of carboxylic acids is 1. The molecule has 0 aliphatic heterocycles. The zero-order valence-corrected chi connectivity index (χ0v) is 15.2. The van der Waals surface area contributed by atoms with Gasteiger partial charge in [0.15, 0.2) is 5.69 Å². The normalized spacial score (nSPS) is 12.2. The van der Waals surface area contributed by atoms with Gasteiger partial charge in [0.25, 0.3) is 0 Å². The molecule has 140 valence electrons. The molecule has 2 N–H and O–H groups in total. The maximum atomic E-state index is 12.3. The Morgan fingerprint density at radius 3 is 2.25 bits per heavy atom. The molecule has 1 aliphatic rings. The summed E-state index contributed by atoms with van der Waals surface area (Å²) >= 11 is 0. The van der Waals surface area contributed by atoms with Gasteiger partial charge in [-0.15, -0.1) is 0 Å². The number of nitrogens with one attached hydrogen (secondary N) is 1. The molecule has 0 atom stereocenters. The molecule has 1 heterocycles. The molecule has 0 radical (unpaired) electrons. The van der Waals surface area contributed by atoms with Crippen LogP contribution in [0, 0.1) is 6.92 Å². The summed E-state index contributed by atoms with van der Waals surface area (Å²) < 4.78 is 5.48. The Morgan fingerprint density at radius 2 is 1.64 bits per heavy atom. The lowest BCUT2D eigenvalue weighted by Crippen LogP contribution is -2.19. The number of hydrogen-bond acceptors (Lipinski definition) is 4. The van der Waals surface area contributed by atoms with Crippen LogP contribution in [0.5, 0.6) is 0 Å². The van der Waals surface area contributed by atoms with Crippen LogP contribution in [-0.2, 0) is 4.74 Å². The topological polar surface area (TPSA) is 88.5 Å². The minimum Gasteiger partial charge on any atom is -0.477 e. The Morgan fingerprint density at radius 1 is 1.04 bits per heavy atom. The fourth-order valence-corrected chi connectivity index (χ4v) is 3.63. The van der Waals surface area contributed by atoms with Crippen molar-refractivity contribution in [3.63, 3.8) is 0 Å². The van der Waals surface area contributed by atoms with E-state index in [2.05, 4.69) is 22.4 Å². The minimum atomic E-state index is -1.14. The van der Waals surface area contributed by atoms with Crippen LogP contribution < -0.4 is 5.32 Å². The number of benzene rings is 2. The third-order valence-electron chi connectivity index (χ3n) is 4.99. The van der Waals surface area contributed by atoms with E-state index in [1.54, 1.807) is 13.0 Å². The Bertz CT molecular complexity index is 1030. The summed E-state index contributed by atoms with van der Waals surface area (Å²) in [6.45, 7) is 1.78. The number of rotatable bonds is 4. The molecule has 0 saturated heterocycles. The van der Waals surface area contributed by atoms with Crippen molar-refractivity contribution in [2.75, 3.05) is 11.9 Å². The summed E-state index contributed by atoms with van der Waals surface area (Å²) in [5.41, 5.74) is 5.21. The van der Waals surface area contributed by atoms with E-state index in [0.717, 1.165) is 22.3 Å². The number of hydrogen-bond donors (Lipinski definition) is 2. The molecular formula is C22H18N2O4. The van der Waals surface area contributed by atoms with Crippen molar-refractivity contribution in [1.82, 2.24) is 4.98 Å². The summed E-state index contributed by atoms with van der Waals surface area (Å²) in [4.78, 5) is 27.3. The lowest BCUT2D eigenvalue weighted by Gasteiger charge is -2.15. The molecule has 4 rings (SSSR count).